The molecule has 0 unspecified atom stereocenters. The van der Waals surface area contributed by atoms with Gasteiger partial charge in [-0.1, -0.05) is 32.0 Å². The molecule has 21 heavy (non-hydrogen) atoms. The lowest BCUT2D eigenvalue weighted by Crippen LogP contribution is -2.07. The minimum absolute atomic E-state index is 0.0777. The fourth-order valence-corrected chi connectivity index (χ4v) is 2.16. The maximum atomic E-state index is 14.2. The largest absolute Gasteiger partial charge is 0.478 e. The van der Waals surface area contributed by atoms with E-state index in [9.17, 15) is 9.18 Å². The van der Waals surface area contributed by atoms with Crippen molar-refractivity contribution in [2.75, 3.05) is 5.32 Å². The highest BCUT2D eigenvalue weighted by Gasteiger charge is 2.17. The molecule has 0 fully saturated rings. The standard InChI is InChI=1S/C16H17FN2O2/c1-9(2)11-6-4-5-10(3)14(11)19-15-13(17)12(16(20)21)7-8-18-15/h4-9H,1-3H3,(H,18,19)(H,20,21). The van der Waals surface area contributed by atoms with Crippen LogP contribution in [0.25, 0.3) is 0 Å². The summed E-state index contributed by atoms with van der Waals surface area (Å²) in [5.74, 6) is -2.00. The van der Waals surface area contributed by atoms with E-state index in [1.165, 1.54) is 6.20 Å². The van der Waals surface area contributed by atoms with Crippen molar-refractivity contribution in [3.63, 3.8) is 0 Å². The van der Waals surface area contributed by atoms with E-state index in [1.54, 1.807) is 0 Å². The Hall–Kier alpha value is -2.43. The van der Waals surface area contributed by atoms with Crippen LogP contribution in [0.5, 0.6) is 0 Å². The van der Waals surface area contributed by atoms with Gasteiger partial charge in [0.15, 0.2) is 11.6 Å². The summed E-state index contributed by atoms with van der Waals surface area (Å²) in [5.41, 5.74) is 2.34. The third-order valence-corrected chi connectivity index (χ3v) is 3.29. The highest BCUT2D eigenvalue weighted by atomic mass is 19.1. The summed E-state index contributed by atoms with van der Waals surface area (Å²) < 4.78 is 14.2. The van der Waals surface area contributed by atoms with E-state index in [-0.39, 0.29) is 11.7 Å². The van der Waals surface area contributed by atoms with Crippen molar-refractivity contribution in [1.29, 1.82) is 0 Å². The van der Waals surface area contributed by atoms with E-state index in [0.717, 1.165) is 22.9 Å². The summed E-state index contributed by atoms with van der Waals surface area (Å²) in [7, 11) is 0. The molecule has 0 radical (unpaired) electrons. The van der Waals surface area contributed by atoms with Gasteiger partial charge in [0, 0.05) is 11.9 Å². The molecule has 1 aromatic carbocycles. The molecule has 0 spiro atoms. The van der Waals surface area contributed by atoms with E-state index in [0.29, 0.717) is 0 Å². The number of aromatic nitrogens is 1. The molecule has 0 bridgehead atoms. The Balaban J connectivity index is 2.49. The Morgan fingerprint density at radius 2 is 2.05 bits per heavy atom. The van der Waals surface area contributed by atoms with Gasteiger partial charge in [-0.3, -0.25) is 0 Å². The van der Waals surface area contributed by atoms with Crippen molar-refractivity contribution < 1.29 is 14.3 Å². The fourth-order valence-electron chi connectivity index (χ4n) is 2.16. The van der Waals surface area contributed by atoms with E-state index in [1.807, 2.05) is 39.0 Å². The first-order chi connectivity index (χ1) is 9.91. The Kier molecular flexibility index (Phi) is 4.21. The van der Waals surface area contributed by atoms with E-state index >= 15 is 0 Å². The molecule has 0 saturated carbocycles. The number of nitrogens with one attached hydrogen (secondary N) is 1. The predicted molar refractivity (Wildman–Crippen MR) is 79.7 cm³/mol. The molecule has 0 aliphatic heterocycles. The molecule has 0 amide bonds. The van der Waals surface area contributed by atoms with Gasteiger partial charge in [-0.15, -0.1) is 0 Å². The third-order valence-electron chi connectivity index (χ3n) is 3.29. The maximum absolute atomic E-state index is 14.2. The van der Waals surface area contributed by atoms with Gasteiger partial charge < -0.3 is 10.4 Å². The van der Waals surface area contributed by atoms with Gasteiger partial charge in [0.2, 0.25) is 0 Å². The van der Waals surface area contributed by atoms with Crippen molar-refractivity contribution in [3.8, 4) is 0 Å². The number of carboxylic acid groups (broad SMARTS) is 1. The first kappa shape index (κ1) is 15.0. The molecule has 5 heteroatoms. The average Bonchev–Trinajstić information content (AvgIpc) is 2.42. The van der Waals surface area contributed by atoms with Crippen molar-refractivity contribution in [2.24, 2.45) is 0 Å². The van der Waals surface area contributed by atoms with Gasteiger partial charge >= 0.3 is 5.97 Å². The van der Waals surface area contributed by atoms with Gasteiger partial charge in [-0.05, 0) is 30.0 Å². The van der Waals surface area contributed by atoms with Gasteiger partial charge in [-0.2, -0.15) is 0 Å². The summed E-state index contributed by atoms with van der Waals surface area (Å²) in [5, 5.41) is 11.9. The number of nitrogens with zero attached hydrogens (tertiary/aromatic N) is 1. The topological polar surface area (TPSA) is 62.2 Å². The molecule has 2 rings (SSSR count). The number of aryl methyl sites for hydroxylation is 1. The smallest absolute Gasteiger partial charge is 0.338 e. The number of para-hydroxylation sites is 1. The van der Waals surface area contributed by atoms with Crippen LogP contribution in [0, 0.1) is 12.7 Å². The van der Waals surface area contributed by atoms with Gasteiger partial charge in [0.1, 0.15) is 5.56 Å². The second kappa shape index (κ2) is 5.91. The molecule has 110 valence electrons. The Bertz CT molecular complexity index is 684. The van der Waals surface area contributed by atoms with E-state index in [4.69, 9.17) is 5.11 Å². The zero-order valence-electron chi connectivity index (χ0n) is 12.1. The third kappa shape index (κ3) is 3.02. The van der Waals surface area contributed by atoms with Crippen LogP contribution in [0.15, 0.2) is 30.5 Å². The van der Waals surface area contributed by atoms with Crippen LogP contribution < -0.4 is 5.32 Å². The normalized spacial score (nSPS) is 10.7. The summed E-state index contributed by atoms with van der Waals surface area (Å²) in [6, 6.07) is 6.95. The second-order valence-corrected chi connectivity index (χ2v) is 5.15. The predicted octanol–water partition coefficient (Wildman–Crippen LogP) is 4.09. The fraction of sp³-hybridized carbons (Fsp3) is 0.250. The van der Waals surface area contributed by atoms with Crippen LogP contribution in [-0.4, -0.2) is 16.1 Å². The molecular formula is C16H17FN2O2. The van der Waals surface area contributed by atoms with Crippen LogP contribution in [0.4, 0.5) is 15.9 Å². The van der Waals surface area contributed by atoms with Gasteiger partial charge in [-0.25, -0.2) is 14.2 Å². The zero-order chi connectivity index (χ0) is 15.6. The molecule has 1 aromatic heterocycles. The zero-order valence-corrected chi connectivity index (χ0v) is 12.1. The Morgan fingerprint density at radius 1 is 1.33 bits per heavy atom. The minimum atomic E-state index is -1.31. The lowest BCUT2D eigenvalue weighted by atomic mass is 9.98. The number of aromatic carboxylic acids is 1. The van der Waals surface area contributed by atoms with Gasteiger partial charge in [0.25, 0.3) is 0 Å². The lowest BCUT2D eigenvalue weighted by Gasteiger charge is -2.17. The van der Waals surface area contributed by atoms with Crippen LogP contribution in [0.1, 0.15) is 41.3 Å². The number of hydrogen-bond donors (Lipinski definition) is 2. The second-order valence-electron chi connectivity index (χ2n) is 5.15. The highest BCUT2D eigenvalue weighted by Crippen LogP contribution is 2.30. The van der Waals surface area contributed by atoms with Crippen molar-refractivity contribution >= 4 is 17.5 Å². The first-order valence-corrected chi connectivity index (χ1v) is 6.66. The SMILES string of the molecule is Cc1cccc(C(C)C)c1Nc1nccc(C(=O)O)c1F. The number of halogens is 1. The van der Waals surface area contributed by atoms with E-state index < -0.39 is 17.3 Å². The maximum Gasteiger partial charge on any atom is 0.338 e. The minimum Gasteiger partial charge on any atom is -0.478 e. The van der Waals surface area contributed by atoms with Crippen LogP contribution in [0.3, 0.4) is 0 Å². The Labute approximate surface area is 122 Å². The number of anilines is 2. The number of carbonyl (C=O) groups is 1. The van der Waals surface area contributed by atoms with Crippen LogP contribution >= 0.6 is 0 Å². The number of rotatable bonds is 4. The summed E-state index contributed by atoms with van der Waals surface area (Å²) in [4.78, 5) is 14.9. The molecule has 0 aliphatic carbocycles. The molecule has 1 heterocycles. The van der Waals surface area contributed by atoms with Crippen LogP contribution in [0.2, 0.25) is 0 Å². The molecule has 2 aromatic rings. The Morgan fingerprint density at radius 3 is 2.67 bits per heavy atom. The molecule has 0 saturated heterocycles. The number of carboxylic acids is 1. The number of hydrogen-bond acceptors (Lipinski definition) is 3. The lowest BCUT2D eigenvalue weighted by molar-refractivity contribution is 0.0692. The summed E-state index contributed by atoms with van der Waals surface area (Å²) in [6.07, 6.45) is 1.28. The first-order valence-electron chi connectivity index (χ1n) is 6.66. The molecule has 4 nitrogen and oxygen atoms in total. The highest BCUT2D eigenvalue weighted by molar-refractivity contribution is 5.89. The number of benzene rings is 1. The van der Waals surface area contributed by atoms with Gasteiger partial charge in [0.05, 0.1) is 0 Å². The quantitative estimate of drug-likeness (QED) is 0.889. The monoisotopic (exact) mass is 288 g/mol. The number of pyridine rings is 1. The van der Waals surface area contributed by atoms with Crippen molar-refractivity contribution in [3.05, 3.63) is 53.0 Å². The van der Waals surface area contributed by atoms with E-state index in [2.05, 4.69) is 10.3 Å². The van der Waals surface area contributed by atoms with Crippen LogP contribution in [-0.2, 0) is 0 Å². The average molecular weight is 288 g/mol. The molecular weight excluding hydrogens is 271 g/mol. The molecule has 0 aliphatic rings. The summed E-state index contributed by atoms with van der Waals surface area (Å²) >= 11 is 0. The van der Waals surface area contributed by atoms with Crippen molar-refractivity contribution in [2.45, 2.75) is 26.7 Å². The summed E-state index contributed by atoms with van der Waals surface area (Å²) in [6.45, 7) is 5.99. The van der Waals surface area contributed by atoms with Crippen molar-refractivity contribution in [1.82, 2.24) is 4.98 Å². The molecule has 2 N–H and O–H groups in total. The molecule has 0 atom stereocenters.